The van der Waals surface area contributed by atoms with Crippen LogP contribution in [0.2, 0.25) is 0 Å². The summed E-state index contributed by atoms with van der Waals surface area (Å²) in [5.74, 6) is -0.415. The van der Waals surface area contributed by atoms with Crippen molar-refractivity contribution in [1.29, 1.82) is 0 Å². The predicted octanol–water partition coefficient (Wildman–Crippen LogP) is 1.81. The van der Waals surface area contributed by atoms with Crippen LogP contribution < -0.4 is 10.0 Å². The molecule has 2 rings (SSSR count). The number of benzene rings is 1. The minimum Gasteiger partial charge on any atom is -0.321 e. The van der Waals surface area contributed by atoms with Crippen molar-refractivity contribution in [3.05, 3.63) is 48.5 Å². The summed E-state index contributed by atoms with van der Waals surface area (Å²) in [6, 6.07) is 5.90. The molecule has 0 saturated carbocycles. The number of anilines is 1. The Morgan fingerprint density at radius 3 is 2.26 bits per heavy atom. The van der Waals surface area contributed by atoms with Crippen molar-refractivity contribution in [3.63, 3.8) is 0 Å². The van der Waals surface area contributed by atoms with Gasteiger partial charge in [0, 0.05) is 23.6 Å². The maximum atomic E-state index is 12.2. The van der Waals surface area contributed by atoms with Gasteiger partial charge in [-0.3, -0.25) is 9.78 Å². The lowest BCUT2D eigenvalue weighted by atomic mass is 10.1. The number of hydrogen-bond donors (Lipinski definition) is 2. The highest BCUT2D eigenvalue weighted by Gasteiger charge is 2.21. The minimum absolute atomic E-state index is 0.130. The van der Waals surface area contributed by atoms with Gasteiger partial charge in [-0.15, -0.1) is 0 Å². The Morgan fingerprint density at radius 2 is 1.74 bits per heavy atom. The smallest absolute Gasteiger partial charge is 0.275 e. The highest BCUT2D eigenvalue weighted by atomic mass is 32.2. The molecule has 0 bridgehead atoms. The van der Waals surface area contributed by atoms with Gasteiger partial charge in [0.25, 0.3) is 5.91 Å². The van der Waals surface area contributed by atoms with Crippen LogP contribution in [0.4, 0.5) is 5.69 Å². The predicted molar refractivity (Wildman–Crippen MR) is 86.5 cm³/mol. The van der Waals surface area contributed by atoms with Gasteiger partial charge in [0.1, 0.15) is 5.69 Å². The Morgan fingerprint density at radius 1 is 1.09 bits per heavy atom. The first-order valence-electron chi connectivity index (χ1n) is 6.89. The molecule has 7 nitrogen and oxygen atoms in total. The van der Waals surface area contributed by atoms with Crippen LogP contribution in [0.5, 0.6) is 0 Å². The molecule has 1 aromatic heterocycles. The van der Waals surface area contributed by atoms with Crippen molar-refractivity contribution in [1.82, 2.24) is 14.7 Å². The van der Waals surface area contributed by atoms with Crippen LogP contribution in [0.15, 0.2) is 47.8 Å². The van der Waals surface area contributed by atoms with Crippen LogP contribution >= 0.6 is 0 Å². The second-order valence-electron chi connectivity index (χ2n) is 5.92. The van der Waals surface area contributed by atoms with Gasteiger partial charge in [-0.05, 0) is 45.0 Å². The molecule has 0 unspecified atom stereocenters. The molecule has 23 heavy (non-hydrogen) atoms. The molecule has 0 fully saturated rings. The average molecular weight is 334 g/mol. The molecule has 0 atom stereocenters. The molecule has 0 aliphatic rings. The Bertz CT molecular complexity index is 782. The van der Waals surface area contributed by atoms with Gasteiger partial charge in [-0.1, -0.05) is 0 Å². The summed E-state index contributed by atoms with van der Waals surface area (Å²) < 4.78 is 26.9. The number of sulfonamides is 1. The van der Waals surface area contributed by atoms with Crippen molar-refractivity contribution in [2.45, 2.75) is 31.2 Å². The van der Waals surface area contributed by atoms with Gasteiger partial charge in [0.05, 0.1) is 11.1 Å². The molecule has 2 N–H and O–H groups in total. The van der Waals surface area contributed by atoms with Gasteiger partial charge in [-0.2, -0.15) is 0 Å². The molecule has 0 saturated heterocycles. The fraction of sp³-hybridized carbons (Fsp3) is 0.267. The van der Waals surface area contributed by atoms with Gasteiger partial charge in [0.2, 0.25) is 10.0 Å². The molecule has 122 valence electrons. The minimum atomic E-state index is -3.60. The highest BCUT2D eigenvalue weighted by Crippen LogP contribution is 2.16. The van der Waals surface area contributed by atoms with Crippen LogP contribution in [0.25, 0.3) is 0 Å². The standard InChI is InChI=1S/C15H18N4O3S/c1-15(2,3)19-23(21,22)12-6-4-11(5-7-12)18-14(20)13-10-16-8-9-17-13/h4-10,19H,1-3H3,(H,18,20). The Hall–Kier alpha value is -2.32. The molecule has 2 aromatic rings. The Kier molecular flexibility index (Phi) is 4.76. The summed E-state index contributed by atoms with van der Waals surface area (Å²) in [6.45, 7) is 5.29. The van der Waals surface area contributed by atoms with Gasteiger partial charge < -0.3 is 5.32 Å². The van der Waals surface area contributed by atoms with E-state index in [4.69, 9.17) is 0 Å². The summed E-state index contributed by atoms with van der Waals surface area (Å²) in [4.78, 5) is 19.8. The SMILES string of the molecule is CC(C)(C)NS(=O)(=O)c1ccc(NC(=O)c2cnccn2)cc1. The normalized spacial score (nSPS) is 12.0. The van der Waals surface area contributed by atoms with Crippen LogP contribution in [0, 0.1) is 0 Å². The van der Waals surface area contributed by atoms with E-state index in [1.165, 1.54) is 42.9 Å². The summed E-state index contributed by atoms with van der Waals surface area (Å²) in [5.41, 5.74) is 0.0755. The number of nitrogens with one attached hydrogen (secondary N) is 2. The zero-order chi connectivity index (χ0) is 17.1. The number of carbonyl (C=O) groups excluding carboxylic acids is 1. The van der Waals surface area contributed by atoms with E-state index >= 15 is 0 Å². The van der Waals surface area contributed by atoms with Crippen molar-refractivity contribution in [2.75, 3.05) is 5.32 Å². The van der Waals surface area contributed by atoms with E-state index in [1.807, 2.05) is 0 Å². The van der Waals surface area contributed by atoms with E-state index in [0.717, 1.165) is 0 Å². The molecule has 1 heterocycles. The van der Waals surface area contributed by atoms with Crippen molar-refractivity contribution < 1.29 is 13.2 Å². The first-order valence-corrected chi connectivity index (χ1v) is 8.37. The fourth-order valence-corrected chi connectivity index (χ4v) is 3.21. The topological polar surface area (TPSA) is 101 Å². The first-order chi connectivity index (χ1) is 10.7. The maximum absolute atomic E-state index is 12.2. The molecule has 0 radical (unpaired) electrons. The van der Waals surface area contributed by atoms with Crippen molar-refractivity contribution >= 4 is 21.6 Å². The third-order valence-electron chi connectivity index (χ3n) is 2.66. The van der Waals surface area contributed by atoms with Crippen LogP contribution in [0.1, 0.15) is 31.3 Å². The average Bonchev–Trinajstić information content (AvgIpc) is 2.46. The molecule has 1 amide bonds. The second-order valence-corrected chi connectivity index (χ2v) is 7.61. The van der Waals surface area contributed by atoms with E-state index < -0.39 is 21.5 Å². The number of nitrogens with zero attached hydrogens (tertiary/aromatic N) is 2. The highest BCUT2D eigenvalue weighted by molar-refractivity contribution is 7.89. The van der Waals surface area contributed by atoms with E-state index in [2.05, 4.69) is 20.0 Å². The third kappa shape index (κ3) is 4.83. The maximum Gasteiger partial charge on any atom is 0.275 e. The monoisotopic (exact) mass is 334 g/mol. The Balaban J connectivity index is 2.13. The summed E-state index contributed by atoms with van der Waals surface area (Å²) in [5, 5.41) is 2.63. The van der Waals surface area contributed by atoms with E-state index in [1.54, 1.807) is 20.8 Å². The lowest BCUT2D eigenvalue weighted by Gasteiger charge is -2.20. The molecule has 1 aromatic carbocycles. The number of carbonyl (C=O) groups is 1. The molecular weight excluding hydrogens is 316 g/mol. The van der Waals surface area contributed by atoms with Crippen LogP contribution in [0.3, 0.4) is 0 Å². The van der Waals surface area contributed by atoms with Crippen molar-refractivity contribution in [2.24, 2.45) is 0 Å². The summed E-state index contributed by atoms with van der Waals surface area (Å²) >= 11 is 0. The molecule has 0 spiro atoms. The van der Waals surface area contributed by atoms with E-state index in [0.29, 0.717) is 5.69 Å². The number of aromatic nitrogens is 2. The van der Waals surface area contributed by atoms with Crippen molar-refractivity contribution in [3.8, 4) is 0 Å². The number of hydrogen-bond acceptors (Lipinski definition) is 5. The molecule has 8 heteroatoms. The third-order valence-corrected chi connectivity index (χ3v) is 4.43. The summed E-state index contributed by atoms with van der Waals surface area (Å²) in [7, 11) is -3.60. The second kappa shape index (κ2) is 6.43. The van der Waals surface area contributed by atoms with Gasteiger partial charge >= 0.3 is 0 Å². The molecular formula is C15H18N4O3S. The first kappa shape index (κ1) is 17.0. The zero-order valence-electron chi connectivity index (χ0n) is 13.1. The lowest BCUT2D eigenvalue weighted by Crippen LogP contribution is -2.40. The quantitative estimate of drug-likeness (QED) is 0.888. The number of rotatable bonds is 4. The molecule has 0 aliphatic carbocycles. The van der Waals surface area contributed by atoms with E-state index in [9.17, 15) is 13.2 Å². The van der Waals surface area contributed by atoms with Crippen LogP contribution in [-0.2, 0) is 10.0 Å². The van der Waals surface area contributed by atoms with Crippen LogP contribution in [-0.4, -0.2) is 29.8 Å². The molecule has 0 aliphatic heterocycles. The number of amides is 1. The zero-order valence-corrected chi connectivity index (χ0v) is 13.9. The lowest BCUT2D eigenvalue weighted by molar-refractivity contribution is 0.102. The Labute approximate surface area is 135 Å². The largest absolute Gasteiger partial charge is 0.321 e. The van der Waals surface area contributed by atoms with E-state index in [-0.39, 0.29) is 10.6 Å². The summed E-state index contributed by atoms with van der Waals surface area (Å²) in [6.07, 6.45) is 4.24. The van der Waals surface area contributed by atoms with Gasteiger partial charge in [-0.25, -0.2) is 18.1 Å². The van der Waals surface area contributed by atoms with Gasteiger partial charge in [0.15, 0.2) is 0 Å². The fourth-order valence-electron chi connectivity index (χ4n) is 1.79.